The van der Waals surface area contributed by atoms with E-state index in [1.165, 1.54) is 9.80 Å². The molecule has 4 amide bonds. The van der Waals surface area contributed by atoms with E-state index in [1.54, 1.807) is 54.4 Å². The number of aliphatic imine (C=N–C) groups is 1. The average molecular weight is 533 g/mol. The Hall–Kier alpha value is -4.58. The molecule has 12 nitrogen and oxygen atoms in total. The fourth-order valence-corrected chi connectivity index (χ4v) is 4.74. The maximum Gasteiger partial charge on any atom is 0.295 e. The molecule has 2 fully saturated rings. The third-order valence-corrected chi connectivity index (χ3v) is 7.00. The highest BCUT2D eigenvalue weighted by Crippen LogP contribution is 2.23. The third-order valence-electron chi connectivity index (χ3n) is 7.00. The van der Waals surface area contributed by atoms with Gasteiger partial charge in [0.05, 0.1) is 26.1 Å². The number of fused-ring (bicyclic) bond motifs is 1. The van der Waals surface area contributed by atoms with Gasteiger partial charge in [0.2, 0.25) is 17.9 Å². The van der Waals surface area contributed by atoms with Crippen LogP contribution < -0.4 is 16.0 Å². The zero-order valence-corrected chi connectivity index (χ0v) is 21.4. The number of likely N-dealkylation sites (N-methyl/N-ethyl adjacent to an activating group) is 1. The van der Waals surface area contributed by atoms with E-state index in [0.29, 0.717) is 42.4 Å². The van der Waals surface area contributed by atoms with E-state index >= 15 is 0 Å². The molecule has 0 unspecified atom stereocenters. The van der Waals surface area contributed by atoms with Crippen LogP contribution >= 0.6 is 0 Å². The number of anilines is 2. The van der Waals surface area contributed by atoms with Crippen molar-refractivity contribution in [1.29, 1.82) is 0 Å². The Morgan fingerprint density at radius 2 is 1.92 bits per heavy atom. The fraction of sp³-hybridized carbons (Fsp3) is 0.333. The first-order valence-corrected chi connectivity index (χ1v) is 12.5. The highest BCUT2D eigenvalue weighted by atomic mass is 16.5. The number of nitrogens with two attached hydrogens (primary N) is 1. The van der Waals surface area contributed by atoms with Gasteiger partial charge in [-0.2, -0.15) is 0 Å². The summed E-state index contributed by atoms with van der Waals surface area (Å²) < 4.78 is 5.41. The van der Waals surface area contributed by atoms with E-state index in [1.807, 2.05) is 0 Å². The summed E-state index contributed by atoms with van der Waals surface area (Å²) in [6.45, 7) is 1.60. The molecule has 2 aromatic carbocycles. The van der Waals surface area contributed by atoms with Gasteiger partial charge < -0.3 is 30.5 Å². The summed E-state index contributed by atoms with van der Waals surface area (Å²) in [4.78, 5) is 72.2. The molecule has 3 aliphatic heterocycles. The van der Waals surface area contributed by atoms with Gasteiger partial charge in [-0.15, -0.1) is 0 Å². The second-order valence-corrected chi connectivity index (χ2v) is 9.61. The second-order valence-electron chi connectivity index (χ2n) is 9.61. The number of Topliss-reactive ketones (excluding diaryl/α,β-unsaturated/α-hetero) is 1. The molecule has 0 saturated carbocycles. The normalized spacial score (nSPS) is 19.1. The topological polar surface area (TPSA) is 155 Å². The van der Waals surface area contributed by atoms with Crippen LogP contribution in [0.25, 0.3) is 0 Å². The molecule has 202 valence electrons. The van der Waals surface area contributed by atoms with E-state index in [4.69, 9.17) is 10.5 Å². The van der Waals surface area contributed by atoms with Gasteiger partial charge in [0.1, 0.15) is 5.84 Å². The lowest BCUT2D eigenvalue weighted by Gasteiger charge is -2.32. The Morgan fingerprint density at radius 3 is 2.72 bits per heavy atom. The van der Waals surface area contributed by atoms with Gasteiger partial charge in [0, 0.05) is 43.6 Å². The lowest BCUT2D eigenvalue weighted by atomic mass is 10.1. The predicted molar refractivity (Wildman–Crippen MR) is 141 cm³/mol. The van der Waals surface area contributed by atoms with Crippen LogP contribution in [-0.2, 0) is 41.7 Å². The third kappa shape index (κ3) is 5.36. The number of hydrogen-bond acceptors (Lipinski definition) is 8. The second kappa shape index (κ2) is 10.7. The number of carbonyl (C=O) groups excluding carboxylic acids is 5. The number of rotatable bonds is 6. The minimum atomic E-state index is -1.59. The molecule has 2 aromatic rings. The Kier molecular flexibility index (Phi) is 7.11. The molecule has 5 rings (SSSR count). The van der Waals surface area contributed by atoms with Crippen LogP contribution in [0.5, 0.6) is 0 Å². The Morgan fingerprint density at radius 1 is 1.10 bits per heavy atom. The Bertz CT molecular complexity index is 1400. The van der Waals surface area contributed by atoms with Crippen LogP contribution in [-0.4, -0.2) is 91.0 Å². The van der Waals surface area contributed by atoms with Gasteiger partial charge in [-0.05, 0) is 41.5 Å². The molecule has 3 N–H and O–H groups in total. The zero-order valence-electron chi connectivity index (χ0n) is 21.4. The number of morpholine rings is 1. The van der Waals surface area contributed by atoms with Crippen molar-refractivity contribution in [2.24, 2.45) is 10.7 Å². The molecule has 3 aliphatic rings. The van der Waals surface area contributed by atoms with E-state index in [-0.39, 0.29) is 37.9 Å². The van der Waals surface area contributed by atoms with Crippen molar-refractivity contribution in [2.45, 2.75) is 19.1 Å². The van der Waals surface area contributed by atoms with Gasteiger partial charge in [0.15, 0.2) is 0 Å². The highest BCUT2D eigenvalue weighted by molar-refractivity contribution is 6.46. The number of nitrogens with one attached hydrogen (secondary N) is 1. The number of piperazine rings is 1. The molecule has 12 heteroatoms. The smallest absolute Gasteiger partial charge is 0.295 e. The number of ketones is 1. The highest BCUT2D eigenvalue weighted by Gasteiger charge is 2.39. The summed E-state index contributed by atoms with van der Waals surface area (Å²) in [6, 6.07) is 11.9. The molecular formula is C27H28N6O6. The molecule has 3 heterocycles. The number of hydrogen-bond donors (Lipinski definition) is 2. The van der Waals surface area contributed by atoms with Crippen LogP contribution in [0.3, 0.4) is 0 Å². The van der Waals surface area contributed by atoms with Crippen molar-refractivity contribution in [2.75, 3.05) is 50.1 Å². The first-order valence-electron chi connectivity index (χ1n) is 12.5. The van der Waals surface area contributed by atoms with Crippen molar-refractivity contribution in [3.63, 3.8) is 0 Å². The van der Waals surface area contributed by atoms with Gasteiger partial charge in [-0.1, -0.05) is 12.1 Å². The number of ether oxygens (including phenoxy) is 1. The standard InChI is InChI=1S/C27H28N6O6/c1-31-7-8-32(15-22(31)35)21(34)12-16-3-2-4-19(11-16)33-9-10-39-24(27(33)38)23(36)26(37)30-18-5-6-20-17(13-18)14-29-25(20)28/h2-6,11,13,24H,7-10,12,14-15H2,1H3,(H2,28,29)(H,30,37)/t24-/m1/s1. The Balaban J connectivity index is 1.23. The Labute approximate surface area is 224 Å². The van der Waals surface area contributed by atoms with Gasteiger partial charge in [-0.25, -0.2) is 0 Å². The van der Waals surface area contributed by atoms with Crippen molar-refractivity contribution in [3.05, 3.63) is 59.2 Å². The first-order chi connectivity index (χ1) is 18.7. The van der Waals surface area contributed by atoms with Crippen molar-refractivity contribution < 1.29 is 28.7 Å². The number of amides is 4. The minimum absolute atomic E-state index is 0.0378. The zero-order chi connectivity index (χ0) is 27.7. The molecular weight excluding hydrogens is 504 g/mol. The van der Waals surface area contributed by atoms with E-state index in [0.717, 1.165) is 11.1 Å². The molecule has 2 saturated heterocycles. The first kappa shape index (κ1) is 26.0. The van der Waals surface area contributed by atoms with Crippen molar-refractivity contribution >= 4 is 46.6 Å². The van der Waals surface area contributed by atoms with Crippen molar-refractivity contribution in [3.8, 4) is 0 Å². The molecule has 0 spiro atoms. The largest absolute Gasteiger partial charge is 0.383 e. The average Bonchev–Trinajstić information content (AvgIpc) is 3.29. The molecule has 39 heavy (non-hydrogen) atoms. The fourth-order valence-electron chi connectivity index (χ4n) is 4.74. The predicted octanol–water partition coefficient (Wildman–Crippen LogP) is -0.312. The summed E-state index contributed by atoms with van der Waals surface area (Å²) in [6.07, 6.45) is -1.53. The molecule has 0 aliphatic carbocycles. The number of benzene rings is 2. The monoisotopic (exact) mass is 532 g/mol. The lowest BCUT2D eigenvalue weighted by Crippen LogP contribution is -2.53. The minimum Gasteiger partial charge on any atom is -0.383 e. The van der Waals surface area contributed by atoms with E-state index in [9.17, 15) is 24.0 Å². The van der Waals surface area contributed by atoms with Crippen LogP contribution in [0.15, 0.2) is 47.5 Å². The number of carbonyl (C=O) groups is 5. The maximum absolute atomic E-state index is 13.2. The summed E-state index contributed by atoms with van der Waals surface area (Å²) >= 11 is 0. The molecule has 0 bridgehead atoms. The number of nitrogens with zero attached hydrogens (tertiary/aromatic N) is 4. The molecule has 1 atom stereocenters. The maximum atomic E-state index is 13.2. The van der Waals surface area contributed by atoms with Gasteiger partial charge in [-0.3, -0.25) is 29.0 Å². The van der Waals surface area contributed by atoms with Gasteiger partial charge in [0.25, 0.3) is 17.6 Å². The SMILES string of the molecule is CN1CCN(C(=O)Cc2cccc(N3CCO[C@H](C(=O)C(=O)Nc4ccc5c(c4)CN=C5N)C3=O)c2)CC1=O. The number of amidine groups is 1. The quantitative estimate of drug-likeness (QED) is 0.382. The summed E-state index contributed by atoms with van der Waals surface area (Å²) in [5.41, 5.74) is 8.95. The molecule has 0 aromatic heterocycles. The van der Waals surface area contributed by atoms with Crippen LogP contribution in [0.2, 0.25) is 0 Å². The summed E-state index contributed by atoms with van der Waals surface area (Å²) in [5, 5.41) is 2.53. The van der Waals surface area contributed by atoms with Crippen LogP contribution in [0.4, 0.5) is 11.4 Å². The van der Waals surface area contributed by atoms with E-state index < -0.39 is 23.7 Å². The van der Waals surface area contributed by atoms with E-state index in [2.05, 4.69) is 10.3 Å². The van der Waals surface area contributed by atoms with Crippen molar-refractivity contribution in [1.82, 2.24) is 9.80 Å². The summed E-state index contributed by atoms with van der Waals surface area (Å²) in [5.74, 6) is -2.52. The van der Waals surface area contributed by atoms with Crippen LogP contribution in [0.1, 0.15) is 16.7 Å². The van der Waals surface area contributed by atoms with Crippen LogP contribution in [0, 0.1) is 0 Å². The van der Waals surface area contributed by atoms with Gasteiger partial charge >= 0.3 is 0 Å². The summed E-state index contributed by atoms with van der Waals surface area (Å²) in [7, 11) is 1.70. The lowest BCUT2D eigenvalue weighted by molar-refractivity contribution is -0.150. The molecule has 0 radical (unpaired) electrons.